The van der Waals surface area contributed by atoms with Crippen LogP contribution in [0.3, 0.4) is 0 Å². The quantitative estimate of drug-likeness (QED) is 0.743. The third-order valence-electron chi connectivity index (χ3n) is 4.03. The van der Waals surface area contributed by atoms with Crippen molar-refractivity contribution in [3.8, 4) is 5.75 Å². The first-order chi connectivity index (χ1) is 9.60. The van der Waals surface area contributed by atoms with Gasteiger partial charge in [-0.25, -0.2) is 0 Å². The standard InChI is InChI=1S/C16H25NO3/c1-11-3-6-16(20-2)14(7-11)15(19)10-17-9-12-4-5-13(18)8-12/h3,6-7,12-13,15,17-19H,4-5,8-10H2,1-2H3. The third kappa shape index (κ3) is 3.95. The molecule has 1 aliphatic carbocycles. The van der Waals surface area contributed by atoms with Gasteiger partial charge in [-0.15, -0.1) is 0 Å². The number of aliphatic hydroxyl groups is 2. The summed E-state index contributed by atoms with van der Waals surface area (Å²) in [5.41, 5.74) is 1.94. The van der Waals surface area contributed by atoms with Crippen molar-refractivity contribution in [1.29, 1.82) is 0 Å². The number of aliphatic hydroxyl groups excluding tert-OH is 2. The molecular formula is C16H25NO3. The number of aryl methyl sites for hydroxylation is 1. The Morgan fingerprint density at radius 1 is 1.40 bits per heavy atom. The fourth-order valence-corrected chi connectivity index (χ4v) is 2.88. The molecule has 1 aliphatic rings. The van der Waals surface area contributed by atoms with E-state index in [9.17, 15) is 10.2 Å². The molecule has 20 heavy (non-hydrogen) atoms. The highest BCUT2D eigenvalue weighted by Crippen LogP contribution is 2.27. The molecule has 1 aromatic carbocycles. The molecule has 1 aromatic rings. The summed E-state index contributed by atoms with van der Waals surface area (Å²) in [5, 5.41) is 23.1. The maximum atomic E-state index is 10.3. The van der Waals surface area contributed by atoms with Gasteiger partial charge in [-0.05, 0) is 50.8 Å². The largest absolute Gasteiger partial charge is 0.496 e. The predicted molar refractivity (Wildman–Crippen MR) is 78.9 cm³/mol. The molecule has 2 rings (SSSR count). The Morgan fingerprint density at radius 2 is 2.20 bits per heavy atom. The topological polar surface area (TPSA) is 61.7 Å². The summed E-state index contributed by atoms with van der Waals surface area (Å²) in [5.74, 6) is 1.25. The second-order valence-electron chi connectivity index (χ2n) is 5.75. The van der Waals surface area contributed by atoms with Gasteiger partial charge >= 0.3 is 0 Å². The molecule has 3 atom stereocenters. The Kier molecular flexibility index (Phi) is 5.40. The summed E-state index contributed by atoms with van der Waals surface area (Å²) >= 11 is 0. The summed E-state index contributed by atoms with van der Waals surface area (Å²) in [6.45, 7) is 3.36. The van der Waals surface area contributed by atoms with Crippen LogP contribution in [0.15, 0.2) is 18.2 Å². The molecule has 1 fully saturated rings. The van der Waals surface area contributed by atoms with Crippen molar-refractivity contribution >= 4 is 0 Å². The van der Waals surface area contributed by atoms with Crippen molar-refractivity contribution in [1.82, 2.24) is 5.32 Å². The van der Waals surface area contributed by atoms with Gasteiger partial charge in [-0.1, -0.05) is 11.6 Å². The van der Waals surface area contributed by atoms with E-state index in [4.69, 9.17) is 4.74 Å². The van der Waals surface area contributed by atoms with Crippen LogP contribution >= 0.6 is 0 Å². The SMILES string of the molecule is COc1ccc(C)cc1C(O)CNCC1CCC(O)C1. The molecule has 0 aromatic heterocycles. The van der Waals surface area contributed by atoms with Gasteiger partial charge in [0.05, 0.1) is 19.3 Å². The number of hydrogen-bond acceptors (Lipinski definition) is 4. The second kappa shape index (κ2) is 7.07. The molecule has 3 N–H and O–H groups in total. The van der Waals surface area contributed by atoms with Crippen LogP contribution in [0.5, 0.6) is 5.75 Å². The maximum absolute atomic E-state index is 10.3. The van der Waals surface area contributed by atoms with Gasteiger partial charge in [0.25, 0.3) is 0 Å². The molecule has 0 amide bonds. The average molecular weight is 279 g/mol. The molecule has 0 saturated heterocycles. The van der Waals surface area contributed by atoms with E-state index in [0.29, 0.717) is 12.5 Å². The highest BCUT2D eigenvalue weighted by molar-refractivity contribution is 5.38. The Hall–Kier alpha value is -1.10. The van der Waals surface area contributed by atoms with Crippen LogP contribution in [0.4, 0.5) is 0 Å². The number of methoxy groups -OCH3 is 1. The van der Waals surface area contributed by atoms with Gasteiger partial charge in [0.15, 0.2) is 0 Å². The van der Waals surface area contributed by atoms with E-state index in [0.717, 1.165) is 42.7 Å². The molecular weight excluding hydrogens is 254 g/mol. The van der Waals surface area contributed by atoms with Crippen LogP contribution in [-0.2, 0) is 0 Å². The Bertz CT molecular complexity index is 436. The molecule has 0 spiro atoms. The zero-order valence-electron chi connectivity index (χ0n) is 12.3. The van der Waals surface area contributed by atoms with Gasteiger partial charge < -0.3 is 20.3 Å². The lowest BCUT2D eigenvalue weighted by molar-refractivity contribution is 0.164. The lowest BCUT2D eigenvalue weighted by Gasteiger charge is -2.17. The molecule has 4 heteroatoms. The zero-order valence-corrected chi connectivity index (χ0v) is 12.3. The Morgan fingerprint density at radius 3 is 2.85 bits per heavy atom. The summed E-state index contributed by atoms with van der Waals surface area (Å²) < 4.78 is 5.29. The summed E-state index contributed by atoms with van der Waals surface area (Å²) in [4.78, 5) is 0. The van der Waals surface area contributed by atoms with Crippen molar-refractivity contribution in [3.63, 3.8) is 0 Å². The van der Waals surface area contributed by atoms with Gasteiger partial charge in [-0.3, -0.25) is 0 Å². The number of ether oxygens (including phenoxy) is 1. The van der Waals surface area contributed by atoms with Crippen LogP contribution < -0.4 is 10.1 Å². The number of nitrogens with one attached hydrogen (secondary N) is 1. The highest BCUT2D eigenvalue weighted by atomic mass is 16.5. The maximum Gasteiger partial charge on any atom is 0.124 e. The Balaban J connectivity index is 1.85. The predicted octanol–water partition coefficient (Wildman–Crippen LogP) is 1.79. The van der Waals surface area contributed by atoms with Crippen LogP contribution in [0.1, 0.15) is 36.5 Å². The second-order valence-corrected chi connectivity index (χ2v) is 5.75. The minimum Gasteiger partial charge on any atom is -0.496 e. The zero-order chi connectivity index (χ0) is 14.5. The highest BCUT2D eigenvalue weighted by Gasteiger charge is 2.22. The fourth-order valence-electron chi connectivity index (χ4n) is 2.88. The molecule has 112 valence electrons. The van der Waals surface area contributed by atoms with E-state index >= 15 is 0 Å². The first-order valence-corrected chi connectivity index (χ1v) is 7.31. The smallest absolute Gasteiger partial charge is 0.124 e. The van der Waals surface area contributed by atoms with Crippen molar-refractivity contribution in [2.45, 2.75) is 38.4 Å². The molecule has 4 nitrogen and oxygen atoms in total. The average Bonchev–Trinajstić information content (AvgIpc) is 2.84. The van der Waals surface area contributed by atoms with Crippen molar-refractivity contribution in [3.05, 3.63) is 29.3 Å². The van der Waals surface area contributed by atoms with Crippen LogP contribution in [-0.4, -0.2) is 36.5 Å². The first-order valence-electron chi connectivity index (χ1n) is 7.31. The van der Waals surface area contributed by atoms with E-state index < -0.39 is 6.10 Å². The molecule has 0 radical (unpaired) electrons. The molecule has 1 saturated carbocycles. The molecule has 0 bridgehead atoms. The van der Waals surface area contributed by atoms with Crippen molar-refractivity contribution in [2.75, 3.05) is 20.2 Å². The summed E-state index contributed by atoms with van der Waals surface area (Å²) in [7, 11) is 1.62. The lowest BCUT2D eigenvalue weighted by atomic mass is 10.0. The van der Waals surface area contributed by atoms with Gasteiger partial charge in [0.2, 0.25) is 0 Å². The summed E-state index contributed by atoms with van der Waals surface area (Å²) in [6, 6.07) is 5.83. The normalized spacial score (nSPS) is 23.8. The van der Waals surface area contributed by atoms with Crippen molar-refractivity contribution in [2.24, 2.45) is 5.92 Å². The number of benzene rings is 1. The molecule has 0 heterocycles. The van der Waals surface area contributed by atoms with Gasteiger partial charge in [0, 0.05) is 12.1 Å². The third-order valence-corrected chi connectivity index (χ3v) is 4.03. The van der Waals surface area contributed by atoms with E-state index in [2.05, 4.69) is 5.32 Å². The van der Waals surface area contributed by atoms with E-state index in [1.807, 2.05) is 25.1 Å². The van der Waals surface area contributed by atoms with Crippen molar-refractivity contribution < 1.29 is 14.9 Å². The fraction of sp³-hybridized carbons (Fsp3) is 0.625. The monoisotopic (exact) mass is 279 g/mol. The number of hydrogen-bond donors (Lipinski definition) is 3. The van der Waals surface area contributed by atoms with Crippen LogP contribution in [0, 0.1) is 12.8 Å². The Labute approximate surface area is 120 Å². The van der Waals surface area contributed by atoms with Gasteiger partial charge in [0.1, 0.15) is 5.75 Å². The van der Waals surface area contributed by atoms with Crippen LogP contribution in [0.2, 0.25) is 0 Å². The van der Waals surface area contributed by atoms with Crippen LogP contribution in [0.25, 0.3) is 0 Å². The minimum atomic E-state index is -0.573. The molecule has 0 aliphatic heterocycles. The summed E-state index contributed by atoms with van der Waals surface area (Å²) in [6.07, 6.45) is 2.13. The van der Waals surface area contributed by atoms with E-state index in [1.165, 1.54) is 0 Å². The minimum absolute atomic E-state index is 0.136. The number of rotatable bonds is 6. The molecule has 3 unspecified atom stereocenters. The van der Waals surface area contributed by atoms with E-state index in [-0.39, 0.29) is 6.10 Å². The van der Waals surface area contributed by atoms with E-state index in [1.54, 1.807) is 7.11 Å². The lowest BCUT2D eigenvalue weighted by Crippen LogP contribution is -2.27. The first kappa shape index (κ1) is 15.3. The van der Waals surface area contributed by atoms with Gasteiger partial charge in [-0.2, -0.15) is 0 Å².